The van der Waals surface area contributed by atoms with E-state index in [0.717, 1.165) is 11.8 Å². The van der Waals surface area contributed by atoms with Crippen LogP contribution in [0.4, 0.5) is 0 Å². The maximum atomic E-state index is 4.26. The van der Waals surface area contributed by atoms with Crippen LogP contribution in [0.2, 0.25) is 0 Å². The van der Waals surface area contributed by atoms with E-state index in [0.29, 0.717) is 5.41 Å². The molecule has 0 N–H and O–H groups in total. The SMILES string of the molecule is C=C1CC[C@@H]2C[C@H]1C2(C)CCC=C(C)C. The Labute approximate surface area is 94.5 Å². The average Bonchev–Trinajstić information content (AvgIpc) is 2.16. The van der Waals surface area contributed by atoms with Crippen LogP contribution in [0.3, 0.4) is 0 Å². The number of hydrogen-bond acceptors (Lipinski definition) is 0. The summed E-state index contributed by atoms with van der Waals surface area (Å²) in [5.74, 6) is 1.85. The quantitative estimate of drug-likeness (QED) is 0.583. The van der Waals surface area contributed by atoms with Crippen molar-refractivity contribution in [1.82, 2.24) is 0 Å². The van der Waals surface area contributed by atoms with Crippen molar-refractivity contribution in [2.45, 2.75) is 52.9 Å². The van der Waals surface area contributed by atoms with Gasteiger partial charge in [0.15, 0.2) is 0 Å². The van der Waals surface area contributed by atoms with Gasteiger partial charge in [-0.3, -0.25) is 0 Å². The lowest BCUT2D eigenvalue weighted by Gasteiger charge is -2.59. The minimum absolute atomic E-state index is 0.598. The van der Waals surface area contributed by atoms with Gasteiger partial charge < -0.3 is 0 Å². The van der Waals surface area contributed by atoms with Crippen LogP contribution in [0.5, 0.6) is 0 Å². The molecule has 0 aliphatic heterocycles. The number of rotatable bonds is 3. The molecule has 15 heavy (non-hydrogen) atoms. The smallest absolute Gasteiger partial charge is 0.0146 e. The van der Waals surface area contributed by atoms with Crippen molar-refractivity contribution in [2.24, 2.45) is 17.3 Å². The fourth-order valence-corrected chi connectivity index (χ4v) is 3.61. The standard InChI is InChI=1S/C15H24/c1-11(2)6-5-9-15(4)13-8-7-12(3)14(15)10-13/h6,13-14H,3,5,7-10H2,1-2,4H3/t13-,14-,15?/m1/s1. The van der Waals surface area contributed by atoms with E-state index in [9.17, 15) is 0 Å². The molecule has 0 aromatic carbocycles. The van der Waals surface area contributed by atoms with E-state index in [4.69, 9.17) is 0 Å². The molecular formula is C15H24. The highest BCUT2D eigenvalue weighted by atomic mass is 14.6. The molecule has 2 bridgehead atoms. The summed E-state index contributed by atoms with van der Waals surface area (Å²) >= 11 is 0. The van der Waals surface area contributed by atoms with Gasteiger partial charge in [-0.05, 0) is 63.2 Å². The van der Waals surface area contributed by atoms with E-state index >= 15 is 0 Å². The minimum atomic E-state index is 0.598. The Balaban J connectivity index is 1.96. The van der Waals surface area contributed by atoms with Gasteiger partial charge in [-0.25, -0.2) is 0 Å². The summed E-state index contributed by atoms with van der Waals surface area (Å²) in [7, 11) is 0. The lowest BCUT2D eigenvalue weighted by Crippen LogP contribution is -2.50. The summed E-state index contributed by atoms with van der Waals surface area (Å²) in [6, 6.07) is 0. The van der Waals surface area contributed by atoms with Gasteiger partial charge in [-0.15, -0.1) is 0 Å². The molecule has 0 heterocycles. The van der Waals surface area contributed by atoms with Crippen LogP contribution in [0.15, 0.2) is 23.8 Å². The van der Waals surface area contributed by atoms with Gasteiger partial charge in [0.1, 0.15) is 0 Å². The summed E-state index contributed by atoms with van der Waals surface area (Å²) in [6.07, 6.45) is 9.16. The van der Waals surface area contributed by atoms with Crippen LogP contribution in [-0.4, -0.2) is 0 Å². The van der Waals surface area contributed by atoms with E-state index in [2.05, 4.69) is 33.4 Å². The molecule has 3 aliphatic rings. The Morgan fingerprint density at radius 1 is 1.53 bits per heavy atom. The Kier molecular flexibility index (Phi) is 2.79. The van der Waals surface area contributed by atoms with Crippen molar-refractivity contribution < 1.29 is 0 Å². The minimum Gasteiger partial charge on any atom is -0.0996 e. The summed E-state index contributed by atoms with van der Waals surface area (Å²) in [5, 5.41) is 0. The van der Waals surface area contributed by atoms with Gasteiger partial charge in [-0.2, -0.15) is 0 Å². The van der Waals surface area contributed by atoms with Gasteiger partial charge in [-0.1, -0.05) is 30.7 Å². The Bertz CT molecular complexity index is 291. The third-order valence-electron chi connectivity index (χ3n) is 4.79. The van der Waals surface area contributed by atoms with Crippen molar-refractivity contribution >= 4 is 0 Å². The molecule has 0 aromatic heterocycles. The van der Waals surface area contributed by atoms with Gasteiger partial charge in [0.2, 0.25) is 0 Å². The summed E-state index contributed by atoms with van der Waals surface area (Å²) in [6.45, 7) is 11.1. The zero-order valence-corrected chi connectivity index (χ0v) is 10.5. The molecule has 3 fully saturated rings. The lowest BCUT2D eigenvalue weighted by molar-refractivity contribution is -0.0507. The molecule has 0 radical (unpaired) electrons. The van der Waals surface area contributed by atoms with E-state index in [-0.39, 0.29) is 0 Å². The van der Waals surface area contributed by atoms with Crippen molar-refractivity contribution in [3.63, 3.8) is 0 Å². The molecule has 3 saturated carbocycles. The summed E-state index contributed by atoms with van der Waals surface area (Å²) < 4.78 is 0. The molecule has 3 aliphatic carbocycles. The molecule has 84 valence electrons. The molecular weight excluding hydrogens is 180 g/mol. The van der Waals surface area contributed by atoms with Crippen molar-refractivity contribution in [2.75, 3.05) is 0 Å². The second-order valence-corrected chi connectivity index (χ2v) is 6.01. The van der Waals surface area contributed by atoms with E-state index < -0.39 is 0 Å². The molecule has 0 aromatic rings. The van der Waals surface area contributed by atoms with Crippen LogP contribution in [0.25, 0.3) is 0 Å². The molecule has 1 unspecified atom stereocenters. The predicted molar refractivity (Wildman–Crippen MR) is 66.7 cm³/mol. The van der Waals surface area contributed by atoms with Gasteiger partial charge in [0.25, 0.3) is 0 Å². The molecule has 0 amide bonds. The normalized spacial score (nSPS) is 38.5. The van der Waals surface area contributed by atoms with Crippen LogP contribution < -0.4 is 0 Å². The third-order valence-corrected chi connectivity index (χ3v) is 4.79. The second kappa shape index (κ2) is 3.81. The number of hydrogen-bond donors (Lipinski definition) is 0. The van der Waals surface area contributed by atoms with Crippen LogP contribution >= 0.6 is 0 Å². The number of allylic oxidation sites excluding steroid dienone is 3. The highest BCUT2D eigenvalue weighted by Crippen LogP contribution is 2.63. The first-order valence-electron chi connectivity index (χ1n) is 6.35. The first-order valence-corrected chi connectivity index (χ1v) is 6.35. The molecule has 0 heteroatoms. The Morgan fingerprint density at radius 2 is 2.27 bits per heavy atom. The van der Waals surface area contributed by atoms with Gasteiger partial charge >= 0.3 is 0 Å². The molecule has 0 spiro atoms. The van der Waals surface area contributed by atoms with Crippen molar-refractivity contribution in [3.05, 3.63) is 23.8 Å². The topological polar surface area (TPSA) is 0 Å². The second-order valence-electron chi connectivity index (χ2n) is 6.01. The maximum absolute atomic E-state index is 4.26. The molecule has 3 atom stereocenters. The van der Waals surface area contributed by atoms with E-state index in [1.54, 1.807) is 0 Å². The first-order chi connectivity index (χ1) is 7.04. The Morgan fingerprint density at radius 3 is 2.80 bits per heavy atom. The zero-order valence-electron chi connectivity index (χ0n) is 10.5. The lowest BCUT2D eigenvalue weighted by atomic mass is 9.45. The molecule has 3 rings (SSSR count). The average molecular weight is 204 g/mol. The monoisotopic (exact) mass is 204 g/mol. The van der Waals surface area contributed by atoms with Crippen LogP contribution in [0, 0.1) is 17.3 Å². The maximum Gasteiger partial charge on any atom is -0.0146 e. The largest absolute Gasteiger partial charge is 0.0996 e. The molecule has 0 nitrogen and oxygen atoms in total. The third kappa shape index (κ3) is 1.79. The van der Waals surface area contributed by atoms with Crippen molar-refractivity contribution in [1.29, 1.82) is 0 Å². The van der Waals surface area contributed by atoms with Crippen LogP contribution in [-0.2, 0) is 0 Å². The molecule has 0 saturated heterocycles. The summed E-state index contributed by atoms with van der Waals surface area (Å²) in [4.78, 5) is 0. The Hall–Kier alpha value is -0.520. The van der Waals surface area contributed by atoms with Gasteiger partial charge in [0, 0.05) is 0 Å². The fourth-order valence-electron chi connectivity index (χ4n) is 3.61. The first kappa shape index (κ1) is 11.0. The van der Waals surface area contributed by atoms with E-state index in [1.165, 1.54) is 43.3 Å². The van der Waals surface area contributed by atoms with E-state index in [1.807, 2.05) is 0 Å². The highest BCUT2D eigenvalue weighted by molar-refractivity contribution is 5.20. The van der Waals surface area contributed by atoms with Crippen LogP contribution in [0.1, 0.15) is 52.9 Å². The fraction of sp³-hybridized carbons (Fsp3) is 0.733. The van der Waals surface area contributed by atoms with Gasteiger partial charge in [0.05, 0.1) is 0 Å². The zero-order chi connectivity index (χ0) is 11.1. The van der Waals surface area contributed by atoms with Crippen molar-refractivity contribution in [3.8, 4) is 0 Å². The summed E-state index contributed by atoms with van der Waals surface area (Å²) in [5.41, 5.74) is 3.60. The number of fused-ring (bicyclic) bond motifs is 2. The predicted octanol–water partition coefficient (Wildman–Crippen LogP) is 4.73. The highest BCUT2D eigenvalue weighted by Gasteiger charge is 2.53.